The highest BCUT2D eigenvalue weighted by atomic mass is 19.1. The third-order valence-electron chi connectivity index (χ3n) is 6.82. The normalized spacial score (nSPS) is 14.9. The van der Waals surface area contributed by atoms with Crippen LogP contribution in [0, 0.1) is 17.0 Å². The van der Waals surface area contributed by atoms with Gasteiger partial charge in [0.25, 0.3) is 0 Å². The molecule has 2 aliphatic rings. The van der Waals surface area contributed by atoms with Crippen molar-refractivity contribution in [1.29, 1.82) is 5.41 Å². The Kier molecular flexibility index (Phi) is 6.44. The zero-order valence-electron chi connectivity index (χ0n) is 20.3. The Morgan fingerprint density at radius 1 is 1.11 bits per heavy atom. The van der Waals surface area contributed by atoms with Crippen LogP contribution in [0.3, 0.4) is 0 Å². The average molecular weight is 496 g/mol. The van der Waals surface area contributed by atoms with Gasteiger partial charge in [0, 0.05) is 58.9 Å². The van der Waals surface area contributed by atoms with E-state index in [0.717, 1.165) is 48.0 Å². The Labute approximate surface area is 214 Å². The first-order valence-corrected chi connectivity index (χ1v) is 12.0. The van der Waals surface area contributed by atoms with E-state index in [1.807, 2.05) is 4.90 Å². The molecular formula is C30H27F2N5. The summed E-state index contributed by atoms with van der Waals surface area (Å²) >= 11 is 0. The van der Waals surface area contributed by atoms with Gasteiger partial charge in [0.2, 0.25) is 0 Å². The van der Waals surface area contributed by atoms with Gasteiger partial charge in [-0.25, -0.2) is 13.8 Å². The summed E-state index contributed by atoms with van der Waals surface area (Å²) in [4.78, 5) is 5.96. The van der Waals surface area contributed by atoms with Crippen LogP contribution < -0.4 is 16.0 Å². The first kappa shape index (κ1) is 24.2. The number of halogens is 2. The molecule has 37 heavy (non-hydrogen) atoms. The molecular weight excluding hydrogens is 468 g/mol. The SMILES string of the molecule is C=C(Nc1ccc(Cc2ccnc(N)c2C=N)c(F)c1)C1=C2CCCC2=CN(c2ccc(F)cc2)C1=C. The standard InChI is InChI=1S/C30H27F2N5/c1-18(29-19(2)37(17-22-4-3-5-26(22)29)25-10-7-23(31)8-11-25)36-24-9-6-21(28(32)15-24)14-20-12-13-35-30(34)27(20)16-33/h6-13,15-17,33,36H,1-5,14H2,(H2,34,35). The number of nitrogen functional groups attached to an aromatic ring is 1. The summed E-state index contributed by atoms with van der Waals surface area (Å²) in [5.41, 5.74) is 13.6. The van der Waals surface area contributed by atoms with Crippen LogP contribution in [0.25, 0.3) is 0 Å². The number of hydrogen-bond donors (Lipinski definition) is 3. The second-order valence-electron chi connectivity index (χ2n) is 9.15. The number of nitrogens with two attached hydrogens (primary N) is 1. The van der Waals surface area contributed by atoms with Crippen LogP contribution in [0.15, 0.2) is 102 Å². The highest BCUT2D eigenvalue weighted by Gasteiger charge is 2.29. The molecule has 3 aromatic rings. The van der Waals surface area contributed by atoms with E-state index in [9.17, 15) is 4.39 Å². The van der Waals surface area contributed by atoms with Crippen molar-refractivity contribution < 1.29 is 8.78 Å². The molecule has 0 unspecified atom stereocenters. The number of fused-ring (bicyclic) bond motifs is 1. The monoisotopic (exact) mass is 495 g/mol. The highest BCUT2D eigenvalue weighted by Crippen LogP contribution is 2.43. The molecule has 1 aliphatic heterocycles. The minimum absolute atomic E-state index is 0.250. The van der Waals surface area contributed by atoms with Crippen molar-refractivity contribution in [3.63, 3.8) is 0 Å². The van der Waals surface area contributed by atoms with E-state index < -0.39 is 0 Å². The number of aromatic nitrogens is 1. The van der Waals surface area contributed by atoms with Gasteiger partial charge in [-0.05, 0) is 84.0 Å². The van der Waals surface area contributed by atoms with Crippen LogP contribution in [0.5, 0.6) is 0 Å². The van der Waals surface area contributed by atoms with Gasteiger partial charge in [-0.1, -0.05) is 19.2 Å². The van der Waals surface area contributed by atoms with E-state index in [0.29, 0.717) is 22.5 Å². The molecule has 0 spiro atoms. The molecule has 4 N–H and O–H groups in total. The Morgan fingerprint density at radius 3 is 2.62 bits per heavy atom. The molecule has 0 bridgehead atoms. The van der Waals surface area contributed by atoms with Crippen molar-refractivity contribution in [2.45, 2.75) is 25.7 Å². The smallest absolute Gasteiger partial charge is 0.132 e. The lowest BCUT2D eigenvalue weighted by Gasteiger charge is -2.32. The van der Waals surface area contributed by atoms with Crippen LogP contribution in [-0.2, 0) is 6.42 Å². The molecule has 186 valence electrons. The molecule has 2 heterocycles. The van der Waals surface area contributed by atoms with Crippen LogP contribution in [0.4, 0.5) is 26.0 Å². The lowest BCUT2D eigenvalue weighted by molar-refractivity contribution is 0.614. The number of hydrogen-bond acceptors (Lipinski definition) is 5. The van der Waals surface area contributed by atoms with Crippen molar-refractivity contribution in [2.24, 2.45) is 0 Å². The second-order valence-corrected chi connectivity index (χ2v) is 9.15. The van der Waals surface area contributed by atoms with E-state index in [1.54, 1.807) is 36.5 Å². The van der Waals surface area contributed by atoms with Gasteiger partial charge in [0.15, 0.2) is 0 Å². The zero-order valence-corrected chi connectivity index (χ0v) is 20.3. The summed E-state index contributed by atoms with van der Waals surface area (Å²) < 4.78 is 28.6. The van der Waals surface area contributed by atoms with E-state index in [1.165, 1.54) is 29.3 Å². The molecule has 7 heteroatoms. The third-order valence-corrected chi connectivity index (χ3v) is 6.82. The van der Waals surface area contributed by atoms with Gasteiger partial charge in [-0.2, -0.15) is 0 Å². The molecule has 0 amide bonds. The minimum atomic E-state index is -0.376. The number of nitrogens with one attached hydrogen (secondary N) is 2. The maximum atomic E-state index is 15.1. The highest BCUT2D eigenvalue weighted by molar-refractivity contribution is 5.85. The maximum Gasteiger partial charge on any atom is 0.132 e. The summed E-state index contributed by atoms with van der Waals surface area (Å²) in [5, 5.41) is 10.9. The summed E-state index contributed by atoms with van der Waals surface area (Å²) in [6.07, 6.45) is 7.94. The molecule has 1 aromatic heterocycles. The van der Waals surface area contributed by atoms with Crippen molar-refractivity contribution in [3.05, 3.63) is 131 Å². The Bertz CT molecular complexity index is 1480. The van der Waals surface area contributed by atoms with Crippen molar-refractivity contribution >= 4 is 23.4 Å². The Morgan fingerprint density at radius 2 is 1.89 bits per heavy atom. The molecule has 0 saturated heterocycles. The second kappa shape index (κ2) is 9.85. The fourth-order valence-electron chi connectivity index (χ4n) is 4.97. The number of anilines is 3. The van der Waals surface area contributed by atoms with Gasteiger partial charge in [0.05, 0.1) is 0 Å². The van der Waals surface area contributed by atoms with Gasteiger partial charge in [-0.3, -0.25) is 0 Å². The first-order valence-electron chi connectivity index (χ1n) is 12.0. The van der Waals surface area contributed by atoms with E-state index in [2.05, 4.69) is 29.7 Å². The topological polar surface area (TPSA) is 78.0 Å². The fraction of sp³-hybridized carbons (Fsp3) is 0.133. The molecule has 1 fully saturated rings. The lowest BCUT2D eigenvalue weighted by atomic mass is 9.94. The molecule has 1 saturated carbocycles. The molecule has 2 aromatic carbocycles. The number of pyridine rings is 1. The fourth-order valence-corrected chi connectivity index (χ4v) is 4.97. The largest absolute Gasteiger partial charge is 0.383 e. The minimum Gasteiger partial charge on any atom is -0.383 e. The molecule has 5 nitrogen and oxygen atoms in total. The van der Waals surface area contributed by atoms with Gasteiger partial charge in [0.1, 0.15) is 17.5 Å². The summed E-state index contributed by atoms with van der Waals surface area (Å²) in [5.74, 6) is -0.423. The van der Waals surface area contributed by atoms with Crippen LogP contribution in [0.1, 0.15) is 36.0 Å². The Balaban J connectivity index is 1.39. The molecule has 5 rings (SSSR count). The van der Waals surface area contributed by atoms with Gasteiger partial charge in [-0.15, -0.1) is 0 Å². The molecule has 0 radical (unpaired) electrons. The summed E-state index contributed by atoms with van der Waals surface area (Å²) in [6.45, 7) is 8.59. The zero-order chi connectivity index (χ0) is 26.1. The number of nitrogens with zero attached hydrogens (tertiary/aromatic N) is 2. The predicted molar refractivity (Wildman–Crippen MR) is 145 cm³/mol. The number of allylic oxidation sites excluding steroid dienone is 2. The van der Waals surface area contributed by atoms with Gasteiger partial charge < -0.3 is 21.4 Å². The van der Waals surface area contributed by atoms with Gasteiger partial charge >= 0.3 is 0 Å². The number of rotatable bonds is 7. The van der Waals surface area contributed by atoms with E-state index in [-0.39, 0.29) is 23.9 Å². The van der Waals surface area contributed by atoms with E-state index >= 15 is 4.39 Å². The molecule has 0 atom stereocenters. The van der Waals surface area contributed by atoms with E-state index in [4.69, 9.17) is 11.1 Å². The average Bonchev–Trinajstić information content (AvgIpc) is 3.34. The van der Waals surface area contributed by atoms with Crippen molar-refractivity contribution in [2.75, 3.05) is 16.0 Å². The van der Waals surface area contributed by atoms with Crippen molar-refractivity contribution in [1.82, 2.24) is 4.98 Å². The Hall–Kier alpha value is -4.52. The third kappa shape index (κ3) is 4.68. The van der Waals surface area contributed by atoms with Crippen LogP contribution >= 0.6 is 0 Å². The first-order chi connectivity index (χ1) is 17.9. The number of benzene rings is 2. The van der Waals surface area contributed by atoms with Crippen LogP contribution in [-0.4, -0.2) is 11.2 Å². The quantitative estimate of drug-likeness (QED) is 0.313. The predicted octanol–water partition coefficient (Wildman–Crippen LogP) is 6.85. The summed E-state index contributed by atoms with van der Waals surface area (Å²) in [6, 6.07) is 13.0. The van der Waals surface area contributed by atoms with Crippen LogP contribution in [0.2, 0.25) is 0 Å². The summed E-state index contributed by atoms with van der Waals surface area (Å²) in [7, 11) is 0. The maximum absolute atomic E-state index is 15.1. The lowest BCUT2D eigenvalue weighted by Crippen LogP contribution is -2.23. The molecule has 1 aliphatic carbocycles. The van der Waals surface area contributed by atoms with Crippen molar-refractivity contribution in [3.8, 4) is 0 Å².